The van der Waals surface area contributed by atoms with E-state index >= 15 is 0 Å². The standard InChI is InChI=1S/C25H24N4O/c1-19-3-5-20(6-4-19)25(12-2-13-25)21-7-9-23(10-8-21)30-17-22-11-14-27-24(28-22)29-16-15-26-18-29/h3-11,14-16,18H,2,12-13,17H2,1H3. The molecular weight excluding hydrogens is 372 g/mol. The molecule has 5 nitrogen and oxygen atoms in total. The van der Waals surface area contributed by atoms with Crippen molar-refractivity contribution in [2.75, 3.05) is 0 Å². The van der Waals surface area contributed by atoms with E-state index < -0.39 is 0 Å². The summed E-state index contributed by atoms with van der Waals surface area (Å²) in [4.78, 5) is 12.9. The Morgan fingerprint density at radius 1 is 0.933 bits per heavy atom. The van der Waals surface area contributed by atoms with Crippen LogP contribution in [-0.4, -0.2) is 19.5 Å². The molecule has 2 aromatic heterocycles. The van der Waals surface area contributed by atoms with E-state index in [2.05, 4.69) is 70.4 Å². The normalized spacial score (nSPS) is 14.8. The summed E-state index contributed by atoms with van der Waals surface area (Å²) in [5, 5.41) is 0. The third kappa shape index (κ3) is 3.47. The van der Waals surface area contributed by atoms with E-state index in [1.165, 1.54) is 36.0 Å². The highest BCUT2D eigenvalue weighted by Gasteiger charge is 2.40. The molecular formula is C25H24N4O. The van der Waals surface area contributed by atoms with Crippen LogP contribution in [0.25, 0.3) is 5.95 Å². The highest BCUT2D eigenvalue weighted by atomic mass is 16.5. The van der Waals surface area contributed by atoms with Crippen molar-refractivity contribution in [2.45, 2.75) is 38.2 Å². The van der Waals surface area contributed by atoms with E-state index in [4.69, 9.17) is 4.74 Å². The summed E-state index contributed by atoms with van der Waals surface area (Å²) < 4.78 is 7.77. The van der Waals surface area contributed by atoms with Crippen molar-refractivity contribution in [2.24, 2.45) is 0 Å². The van der Waals surface area contributed by atoms with Crippen LogP contribution in [-0.2, 0) is 12.0 Å². The Balaban J connectivity index is 1.30. The van der Waals surface area contributed by atoms with Crippen LogP contribution in [0.4, 0.5) is 0 Å². The van der Waals surface area contributed by atoms with Crippen molar-refractivity contribution in [3.05, 3.63) is 102 Å². The maximum atomic E-state index is 5.99. The van der Waals surface area contributed by atoms with Crippen molar-refractivity contribution in [1.29, 1.82) is 0 Å². The molecule has 2 heterocycles. The molecule has 0 radical (unpaired) electrons. The average Bonchev–Trinajstić information content (AvgIpc) is 3.29. The van der Waals surface area contributed by atoms with E-state index in [9.17, 15) is 0 Å². The topological polar surface area (TPSA) is 52.8 Å². The van der Waals surface area contributed by atoms with Crippen LogP contribution in [0, 0.1) is 6.92 Å². The number of ether oxygens (including phenoxy) is 1. The zero-order chi connectivity index (χ0) is 20.4. The van der Waals surface area contributed by atoms with Gasteiger partial charge in [-0.1, -0.05) is 48.4 Å². The largest absolute Gasteiger partial charge is 0.487 e. The first-order valence-corrected chi connectivity index (χ1v) is 10.3. The second kappa shape index (κ2) is 7.75. The van der Waals surface area contributed by atoms with Crippen molar-refractivity contribution in [3.8, 4) is 11.7 Å². The quantitative estimate of drug-likeness (QED) is 0.459. The van der Waals surface area contributed by atoms with Crippen molar-refractivity contribution in [1.82, 2.24) is 19.5 Å². The lowest BCUT2D eigenvalue weighted by Gasteiger charge is -2.43. The van der Waals surface area contributed by atoms with Crippen LogP contribution in [0.5, 0.6) is 5.75 Å². The summed E-state index contributed by atoms with van der Waals surface area (Å²) >= 11 is 0. The van der Waals surface area contributed by atoms with Gasteiger partial charge in [0.15, 0.2) is 0 Å². The Morgan fingerprint density at radius 2 is 1.67 bits per heavy atom. The van der Waals surface area contributed by atoms with Gasteiger partial charge in [0, 0.05) is 24.0 Å². The van der Waals surface area contributed by atoms with E-state index in [-0.39, 0.29) is 5.41 Å². The number of rotatable bonds is 6. The van der Waals surface area contributed by atoms with Gasteiger partial charge in [0.2, 0.25) is 5.95 Å². The molecule has 1 fully saturated rings. The molecule has 0 unspecified atom stereocenters. The summed E-state index contributed by atoms with van der Waals surface area (Å²) in [5.41, 5.74) is 5.07. The molecule has 30 heavy (non-hydrogen) atoms. The molecule has 0 atom stereocenters. The lowest BCUT2D eigenvalue weighted by atomic mass is 9.60. The second-order valence-corrected chi connectivity index (χ2v) is 7.93. The second-order valence-electron chi connectivity index (χ2n) is 7.93. The van der Waals surface area contributed by atoms with Gasteiger partial charge in [-0.05, 0) is 49.1 Å². The number of aryl methyl sites for hydroxylation is 1. The van der Waals surface area contributed by atoms with Gasteiger partial charge in [-0.2, -0.15) is 0 Å². The first kappa shape index (κ1) is 18.6. The minimum atomic E-state index is 0.151. The molecule has 2 aromatic carbocycles. The zero-order valence-corrected chi connectivity index (χ0v) is 17.0. The molecule has 1 aliphatic rings. The number of benzene rings is 2. The zero-order valence-electron chi connectivity index (χ0n) is 17.0. The van der Waals surface area contributed by atoms with Crippen LogP contribution in [0.1, 0.15) is 41.6 Å². The van der Waals surface area contributed by atoms with Crippen LogP contribution in [0.15, 0.2) is 79.5 Å². The summed E-state index contributed by atoms with van der Waals surface area (Å²) in [6, 6.07) is 19.4. The number of aromatic nitrogens is 4. The predicted octanol–water partition coefficient (Wildman–Crippen LogP) is 5.02. The van der Waals surface area contributed by atoms with Crippen molar-refractivity contribution in [3.63, 3.8) is 0 Å². The Morgan fingerprint density at radius 3 is 2.30 bits per heavy atom. The Hall–Kier alpha value is -3.47. The minimum Gasteiger partial charge on any atom is -0.487 e. The van der Waals surface area contributed by atoms with Crippen LogP contribution < -0.4 is 4.74 Å². The fourth-order valence-corrected chi connectivity index (χ4v) is 4.14. The molecule has 0 N–H and O–H groups in total. The third-order valence-corrected chi connectivity index (χ3v) is 6.04. The molecule has 0 amide bonds. The van der Waals surface area contributed by atoms with Gasteiger partial charge < -0.3 is 4.74 Å². The molecule has 0 aliphatic heterocycles. The lowest BCUT2D eigenvalue weighted by Crippen LogP contribution is -2.35. The van der Waals surface area contributed by atoms with E-state index in [0.29, 0.717) is 12.6 Å². The number of hydrogen-bond acceptors (Lipinski definition) is 4. The molecule has 5 rings (SSSR count). The molecule has 5 heteroatoms. The average molecular weight is 396 g/mol. The van der Waals surface area contributed by atoms with Crippen molar-refractivity contribution >= 4 is 0 Å². The molecule has 1 saturated carbocycles. The lowest BCUT2D eigenvalue weighted by molar-refractivity contribution is 0.294. The monoisotopic (exact) mass is 396 g/mol. The summed E-state index contributed by atoms with van der Waals surface area (Å²) in [7, 11) is 0. The maximum absolute atomic E-state index is 5.99. The highest BCUT2D eigenvalue weighted by molar-refractivity contribution is 5.44. The van der Waals surface area contributed by atoms with E-state index in [1.807, 2.05) is 12.3 Å². The molecule has 4 aromatic rings. The van der Waals surface area contributed by atoms with Gasteiger partial charge in [0.25, 0.3) is 0 Å². The number of hydrogen-bond donors (Lipinski definition) is 0. The molecule has 0 bridgehead atoms. The van der Waals surface area contributed by atoms with Gasteiger partial charge >= 0.3 is 0 Å². The highest BCUT2D eigenvalue weighted by Crippen LogP contribution is 2.49. The Kier molecular flexibility index (Phi) is 4.79. The third-order valence-electron chi connectivity index (χ3n) is 6.04. The van der Waals surface area contributed by atoms with Gasteiger partial charge in [-0.3, -0.25) is 4.57 Å². The molecule has 0 spiro atoms. The SMILES string of the molecule is Cc1ccc(C2(c3ccc(OCc4ccnc(-n5ccnc5)n4)cc3)CCC2)cc1. The van der Waals surface area contributed by atoms with Gasteiger partial charge in [0.1, 0.15) is 18.7 Å². The minimum absolute atomic E-state index is 0.151. The fraction of sp³-hybridized carbons (Fsp3) is 0.240. The van der Waals surface area contributed by atoms with Crippen LogP contribution in [0.2, 0.25) is 0 Å². The predicted molar refractivity (Wildman–Crippen MR) is 116 cm³/mol. The van der Waals surface area contributed by atoms with E-state index in [1.54, 1.807) is 23.3 Å². The summed E-state index contributed by atoms with van der Waals surface area (Å²) in [6.45, 7) is 2.53. The van der Waals surface area contributed by atoms with Crippen molar-refractivity contribution < 1.29 is 4.74 Å². The van der Waals surface area contributed by atoms with E-state index in [0.717, 1.165) is 11.4 Å². The number of nitrogens with zero attached hydrogens (tertiary/aromatic N) is 4. The fourth-order valence-electron chi connectivity index (χ4n) is 4.14. The van der Waals surface area contributed by atoms with Crippen LogP contribution in [0.3, 0.4) is 0 Å². The first-order chi connectivity index (χ1) is 14.7. The first-order valence-electron chi connectivity index (χ1n) is 10.3. The number of imidazole rings is 1. The van der Waals surface area contributed by atoms with Crippen LogP contribution >= 0.6 is 0 Å². The van der Waals surface area contributed by atoms with Gasteiger partial charge in [0.05, 0.1) is 5.69 Å². The molecule has 150 valence electrons. The summed E-state index contributed by atoms with van der Waals surface area (Å²) in [5.74, 6) is 1.44. The van der Waals surface area contributed by atoms with Gasteiger partial charge in [-0.25, -0.2) is 15.0 Å². The van der Waals surface area contributed by atoms with Gasteiger partial charge in [-0.15, -0.1) is 0 Å². The Labute approximate surface area is 176 Å². The maximum Gasteiger partial charge on any atom is 0.235 e. The smallest absolute Gasteiger partial charge is 0.235 e. The Bertz CT molecular complexity index is 1110. The molecule has 0 saturated heterocycles. The summed E-state index contributed by atoms with van der Waals surface area (Å²) in [6.07, 6.45) is 10.6. The molecule has 1 aliphatic carbocycles.